The van der Waals surface area contributed by atoms with Crippen molar-refractivity contribution in [2.24, 2.45) is 18.7 Å². The molecule has 1 rings (SSSR count). The Bertz CT molecular complexity index is 317. The molecule has 0 aliphatic heterocycles. The van der Waals surface area contributed by atoms with Crippen molar-refractivity contribution >= 4 is 11.7 Å². The third-order valence-electron chi connectivity index (χ3n) is 2.37. The molecule has 0 saturated heterocycles. The molecule has 0 aliphatic carbocycles. The number of rotatable bonds is 5. The van der Waals surface area contributed by atoms with Gasteiger partial charge in [0.05, 0.1) is 0 Å². The second-order valence-electron chi connectivity index (χ2n) is 3.64. The van der Waals surface area contributed by atoms with Crippen LogP contribution in [-0.2, 0) is 11.8 Å². The largest absolute Gasteiger partial charge is 0.330 e. The summed E-state index contributed by atoms with van der Waals surface area (Å²) in [4.78, 5) is 11.5. The lowest BCUT2D eigenvalue weighted by Gasteiger charge is -2.10. The molecule has 0 aromatic carbocycles. The average Bonchev–Trinajstić information content (AvgIpc) is 2.60. The molecule has 1 amide bonds. The first-order valence-electron chi connectivity index (χ1n) is 5.15. The van der Waals surface area contributed by atoms with E-state index in [1.54, 1.807) is 16.9 Å². The first kappa shape index (κ1) is 11.7. The molecular formula is C10H18N4O. The fraction of sp³-hybridized carbons (Fsp3) is 0.600. The molecule has 1 atom stereocenters. The third-order valence-corrected chi connectivity index (χ3v) is 2.37. The van der Waals surface area contributed by atoms with Crippen LogP contribution in [0.3, 0.4) is 0 Å². The number of aromatic nitrogens is 2. The van der Waals surface area contributed by atoms with Gasteiger partial charge in [0, 0.05) is 25.7 Å². The molecule has 1 heterocycles. The van der Waals surface area contributed by atoms with Crippen LogP contribution >= 0.6 is 0 Å². The van der Waals surface area contributed by atoms with Crippen molar-refractivity contribution in [1.82, 2.24) is 9.78 Å². The molecule has 5 heteroatoms. The molecule has 1 aromatic rings. The molecule has 0 aliphatic rings. The van der Waals surface area contributed by atoms with Gasteiger partial charge in [0.15, 0.2) is 5.82 Å². The Balaban J connectivity index is 2.42. The van der Waals surface area contributed by atoms with Crippen molar-refractivity contribution in [2.45, 2.75) is 19.8 Å². The molecule has 0 radical (unpaired) electrons. The molecule has 84 valence electrons. The van der Waals surface area contributed by atoms with Crippen LogP contribution in [0.2, 0.25) is 0 Å². The molecule has 5 nitrogen and oxygen atoms in total. The molecular weight excluding hydrogens is 192 g/mol. The van der Waals surface area contributed by atoms with E-state index in [0.717, 1.165) is 6.42 Å². The van der Waals surface area contributed by atoms with Crippen LogP contribution in [0.4, 0.5) is 5.82 Å². The fourth-order valence-corrected chi connectivity index (χ4v) is 1.33. The van der Waals surface area contributed by atoms with Crippen LogP contribution in [-0.4, -0.2) is 22.2 Å². The maximum atomic E-state index is 11.5. The summed E-state index contributed by atoms with van der Waals surface area (Å²) in [6, 6.07) is 1.77. The summed E-state index contributed by atoms with van der Waals surface area (Å²) in [6.07, 6.45) is 3.17. The van der Waals surface area contributed by atoms with Crippen molar-refractivity contribution < 1.29 is 4.79 Å². The number of anilines is 1. The number of nitrogens with two attached hydrogens (primary N) is 1. The van der Waals surface area contributed by atoms with Crippen molar-refractivity contribution in [3.63, 3.8) is 0 Å². The molecule has 1 unspecified atom stereocenters. The van der Waals surface area contributed by atoms with Crippen molar-refractivity contribution in [3.05, 3.63) is 12.3 Å². The minimum absolute atomic E-state index is 0.0222. The van der Waals surface area contributed by atoms with Gasteiger partial charge >= 0.3 is 0 Å². The molecule has 0 bridgehead atoms. The highest BCUT2D eigenvalue weighted by molar-refractivity contribution is 5.89. The Labute approximate surface area is 89.6 Å². The van der Waals surface area contributed by atoms with Gasteiger partial charge in [-0.25, -0.2) is 0 Å². The second-order valence-corrected chi connectivity index (χ2v) is 3.64. The highest BCUT2D eigenvalue weighted by Crippen LogP contribution is 2.08. The molecule has 0 saturated carbocycles. The summed E-state index contributed by atoms with van der Waals surface area (Å²) in [7, 11) is 1.81. The number of amides is 1. The quantitative estimate of drug-likeness (QED) is 0.752. The Morgan fingerprint density at radius 2 is 2.47 bits per heavy atom. The van der Waals surface area contributed by atoms with E-state index in [1.165, 1.54) is 0 Å². The Morgan fingerprint density at radius 3 is 2.93 bits per heavy atom. The zero-order chi connectivity index (χ0) is 11.3. The number of nitrogens with zero attached hydrogens (tertiary/aromatic N) is 2. The Hall–Kier alpha value is -1.36. The first-order valence-corrected chi connectivity index (χ1v) is 5.15. The number of hydrogen-bond acceptors (Lipinski definition) is 3. The van der Waals surface area contributed by atoms with Crippen molar-refractivity contribution in [1.29, 1.82) is 0 Å². The first-order chi connectivity index (χ1) is 7.15. The second kappa shape index (κ2) is 5.50. The van der Waals surface area contributed by atoms with E-state index < -0.39 is 0 Å². The van der Waals surface area contributed by atoms with E-state index in [9.17, 15) is 4.79 Å². The summed E-state index contributed by atoms with van der Waals surface area (Å²) in [5, 5.41) is 6.80. The summed E-state index contributed by atoms with van der Waals surface area (Å²) in [6.45, 7) is 2.58. The summed E-state index contributed by atoms with van der Waals surface area (Å²) < 4.78 is 1.65. The zero-order valence-corrected chi connectivity index (χ0v) is 9.23. The highest BCUT2D eigenvalue weighted by Gasteiger charge is 2.11. The third kappa shape index (κ3) is 3.71. The minimum atomic E-state index is -0.0222. The fourth-order valence-electron chi connectivity index (χ4n) is 1.33. The van der Waals surface area contributed by atoms with Gasteiger partial charge in [0.2, 0.25) is 5.91 Å². The van der Waals surface area contributed by atoms with Crippen LogP contribution in [0.15, 0.2) is 12.3 Å². The molecule has 0 spiro atoms. The van der Waals surface area contributed by atoms with Gasteiger partial charge in [-0.2, -0.15) is 5.10 Å². The Kier molecular flexibility index (Phi) is 4.30. The predicted molar refractivity (Wildman–Crippen MR) is 59.3 cm³/mol. The van der Waals surface area contributed by atoms with Crippen LogP contribution in [0.25, 0.3) is 0 Å². The predicted octanol–water partition coefficient (Wildman–Crippen LogP) is 0.734. The number of carbonyl (C=O) groups excluding carboxylic acids is 1. The lowest BCUT2D eigenvalue weighted by molar-refractivity contribution is -0.117. The van der Waals surface area contributed by atoms with E-state index in [1.807, 2.05) is 14.0 Å². The molecule has 3 N–H and O–H groups in total. The van der Waals surface area contributed by atoms with E-state index in [0.29, 0.717) is 18.8 Å². The van der Waals surface area contributed by atoms with Gasteiger partial charge in [-0.15, -0.1) is 0 Å². The van der Waals surface area contributed by atoms with Gasteiger partial charge in [0.1, 0.15) is 0 Å². The summed E-state index contributed by atoms with van der Waals surface area (Å²) >= 11 is 0. The standard InChI is InChI=1S/C10H18N4O/c1-3-8(7-11)6-10(15)12-9-4-5-14(2)13-9/h4-5,8H,3,6-7,11H2,1-2H3,(H,12,13,15). The Morgan fingerprint density at radius 1 is 1.73 bits per heavy atom. The van der Waals surface area contributed by atoms with Gasteiger partial charge in [-0.05, 0) is 12.5 Å². The number of hydrogen-bond donors (Lipinski definition) is 2. The summed E-state index contributed by atoms with van der Waals surface area (Å²) in [5.74, 6) is 0.828. The van der Waals surface area contributed by atoms with E-state index in [-0.39, 0.29) is 11.8 Å². The molecule has 1 aromatic heterocycles. The van der Waals surface area contributed by atoms with Gasteiger partial charge in [-0.3, -0.25) is 9.48 Å². The monoisotopic (exact) mass is 210 g/mol. The maximum Gasteiger partial charge on any atom is 0.225 e. The minimum Gasteiger partial charge on any atom is -0.330 e. The van der Waals surface area contributed by atoms with Gasteiger partial charge in [0.25, 0.3) is 0 Å². The number of carbonyl (C=O) groups is 1. The molecule has 0 fully saturated rings. The molecule has 15 heavy (non-hydrogen) atoms. The van der Waals surface area contributed by atoms with Crippen LogP contribution < -0.4 is 11.1 Å². The van der Waals surface area contributed by atoms with Crippen LogP contribution in [0, 0.1) is 5.92 Å². The lowest BCUT2D eigenvalue weighted by atomic mass is 10.0. The van der Waals surface area contributed by atoms with Gasteiger partial charge in [-0.1, -0.05) is 13.3 Å². The number of nitrogens with one attached hydrogen (secondary N) is 1. The number of aryl methyl sites for hydroxylation is 1. The average molecular weight is 210 g/mol. The van der Waals surface area contributed by atoms with E-state index in [4.69, 9.17) is 5.73 Å². The SMILES string of the molecule is CCC(CN)CC(=O)Nc1ccn(C)n1. The smallest absolute Gasteiger partial charge is 0.225 e. The highest BCUT2D eigenvalue weighted by atomic mass is 16.1. The zero-order valence-electron chi connectivity index (χ0n) is 9.23. The van der Waals surface area contributed by atoms with Crippen molar-refractivity contribution in [3.8, 4) is 0 Å². The lowest BCUT2D eigenvalue weighted by Crippen LogP contribution is -2.21. The van der Waals surface area contributed by atoms with E-state index in [2.05, 4.69) is 10.4 Å². The maximum absolute atomic E-state index is 11.5. The van der Waals surface area contributed by atoms with Gasteiger partial charge < -0.3 is 11.1 Å². The van der Waals surface area contributed by atoms with Crippen LogP contribution in [0.1, 0.15) is 19.8 Å². The van der Waals surface area contributed by atoms with Crippen molar-refractivity contribution in [2.75, 3.05) is 11.9 Å². The normalized spacial score (nSPS) is 12.5. The summed E-state index contributed by atoms with van der Waals surface area (Å²) in [5.41, 5.74) is 5.53. The van der Waals surface area contributed by atoms with E-state index >= 15 is 0 Å². The van der Waals surface area contributed by atoms with Crippen LogP contribution in [0.5, 0.6) is 0 Å². The topological polar surface area (TPSA) is 72.9 Å².